The Morgan fingerprint density at radius 3 is 2.70 bits per heavy atom. The fourth-order valence-electron chi connectivity index (χ4n) is 4.39. The maximum atomic E-state index is 12.6. The molecule has 0 spiro atoms. The highest BCUT2D eigenvalue weighted by Crippen LogP contribution is 2.52. The Kier molecular flexibility index (Phi) is 4.05. The molecule has 1 aliphatic heterocycles. The zero-order valence-electron chi connectivity index (χ0n) is 16.2. The van der Waals surface area contributed by atoms with E-state index in [0.29, 0.717) is 35.8 Å². The van der Waals surface area contributed by atoms with Crippen LogP contribution in [0.2, 0.25) is 0 Å². The van der Waals surface area contributed by atoms with E-state index < -0.39 is 6.09 Å². The first kappa shape index (κ1) is 18.3. The molecule has 9 nitrogen and oxygen atoms in total. The first-order chi connectivity index (χ1) is 14.4. The molecule has 2 amide bonds. The quantitative estimate of drug-likeness (QED) is 0.610. The number of carbonyl (C=O) groups excluding carboxylic acids is 1. The SMILES string of the molecule is Cc1ccncc1-c1cc2cc(NC(=O)C3C4CN(C(=O)O)CC43)ncc2c(N)n1. The summed E-state index contributed by atoms with van der Waals surface area (Å²) in [5, 5.41) is 13.4. The summed E-state index contributed by atoms with van der Waals surface area (Å²) in [5.41, 5.74) is 8.78. The van der Waals surface area contributed by atoms with Gasteiger partial charge in [0.25, 0.3) is 0 Å². The summed E-state index contributed by atoms with van der Waals surface area (Å²) in [7, 11) is 0. The van der Waals surface area contributed by atoms with E-state index in [9.17, 15) is 9.59 Å². The van der Waals surface area contributed by atoms with Gasteiger partial charge in [-0.2, -0.15) is 0 Å². The minimum absolute atomic E-state index is 0.0987. The van der Waals surface area contributed by atoms with Gasteiger partial charge in [0, 0.05) is 48.5 Å². The van der Waals surface area contributed by atoms with E-state index in [1.807, 2.05) is 19.1 Å². The van der Waals surface area contributed by atoms with Crippen LogP contribution in [0.25, 0.3) is 22.0 Å². The smallest absolute Gasteiger partial charge is 0.407 e. The number of anilines is 2. The second-order valence-electron chi connectivity index (χ2n) is 7.90. The summed E-state index contributed by atoms with van der Waals surface area (Å²) >= 11 is 0. The number of piperidine rings is 1. The number of hydrogen-bond acceptors (Lipinski definition) is 6. The van der Waals surface area contributed by atoms with Gasteiger partial charge in [0.05, 0.1) is 5.69 Å². The lowest BCUT2D eigenvalue weighted by Crippen LogP contribution is -2.32. The predicted octanol–water partition coefficient (Wildman–Crippen LogP) is 2.38. The molecule has 2 atom stereocenters. The van der Waals surface area contributed by atoms with Crippen LogP contribution < -0.4 is 11.1 Å². The molecular formula is C21H20N6O3. The molecule has 1 saturated heterocycles. The van der Waals surface area contributed by atoms with Crippen molar-refractivity contribution in [2.75, 3.05) is 24.1 Å². The van der Waals surface area contributed by atoms with Crippen LogP contribution in [0.1, 0.15) is 5.56 Å². The van der Waals surface area contributed by atoms with Crippen molar-refractivity contribution >= 4 is 34.4 Å². The lowest BCUT2D eigenvalue weighted by atomic mass is 10.1. The fraction of sp³-hybridized carbons (Fsp3) is 0.286. The van der Waals surface area contributed by atoms with Gasteiger partial charge in [-0.3, -0.25) is 9.78 Å². The minimum Gasteiger partial charge on any atom is -0.465 e. The fourth-order valence-corrected chi connectivity index (χ4v) is 4.39. The van der Waals surface area contributed by atoms with E-state index in [-0.39, 0.29) is 23.7 Å². The molecule has 5 rings (SSSR count). The third kappa shape index (κ3) is 2.99. The molecule has 0 radical (unpaired) electrons. The summed E-state index contributed by atoms with van der Waals surface area (Å²) < 4.78 is 0. The van der Waals surface area contributed by atoms with Gasteiger partial charge in [0.2, 0.25) is 5.91 Å². The number of amides is 2. The molecule has 152 valence electrons. The van der Waals surface area contributed by atoms with Crippen LogP contribution in [0.5, 0.6) is 0 Å². The summed E-state index contributed by atoms with van der Waals surface area (Å²) in [6, 6.07) is 5.60. The third-order valence-electron chi connectivity index (χ3n) is 6.08. The Bertz CT molecular complexity index is 1180. The number of carboxylic acid groups (broad SMARTS) is 1. The molecule has 0 aromatic carbocycles. The average Bonchev–Trinajstić information content (AvgIpc) is 3.21. The van der Waals surface area contributed by atoms with Crippen molar-refractivity contribution in [2.24, 2.45) is 17.8 Å². The summed E-state index contributed by atoms with van der Waals surface area (Å²) in [4.78, 5) is 38.0. The van der Waals surface area contributed by atoms with Crippen LogP contribution in [0.15, 0.2) is 36.8 Å². The van der Waals surface area contributed by atoms with E-state index in [4.69, 9.17) is 10.8 Å². The highest BCUT2D eigenvalue weighted by molar-refractivity contribution is 5.98. The second-order valence-corrected chi connectivity index (χ2v) is 7.90. The molecule has 4 heterocycles. The van der Waals surface area contributed by atoms with Crippen molar-refractivity contribution in [1.82, 2.24) is 19.9 Å². The van der Waals surface area contributed by atoms with Crippen LogP contribution in [0.4, 0.5) is 16.4 Å². The maximum Gasteiger partial charge on any atom is 0.407 e. The standard InChI is InChI=1S/C21H20N6O3/c1-10-2-3-23-6-12(10)16-4-11-5-17(24-7-13(11)19(22)25-16)26-20(28)18-14-8-27(21(29)30)9-15(14)18/h2-7,14-15,18H,8-9H2,1H3,(H2,22,25)(H,29,30)(H,24,26,28). The van der Waals surface area contributed by atoms with Crippen LogP contribution in [-0.2, 0) is 4.79 Å². The highest BCUT2D eigenvalue weighted by Gasteiger charge is 2.60. The van der Waals surface area contributed by atoms with Gasteiger partial charge in [0.1, 0.15) is 11.6 Å². The van der Waals surface area contributed by atoms with Crippen molar-refractivity contribution in [2.45, 2.75) is 6.92 Å². The van der Waals surface area contributed by atoms with Crippen LogP contribution in [0, 0.1) is 24.7 Å². The first-order valence-electron chi connectivity index (χ1n) is 9.68. The van der Waals surface area contributed by atoms with Gasteiger partial charge in [-0.05, 0) is 47.9 Å². The van der Waals surface area contributed by atoms with Gasteiger partial charge < -0.3 is 21.1 Å². The number of hydrogen-bond donors (Lipinski definition) is 3. The molecule has 2 fully saturated rings. The van der Waals surface area contributed by atoms with Gasteiger partial charge in [-0.1, -0.05) is 0 Å². The summed E-state index contributed by atoms with van der Waals surface area (Å²) in [6.45, 7) is 2.81. The number of likely N-dealkylation sites (tertiary alicyclic amines) is 1. The lowest BCUT2D eigenvalue weighted by Gasteiger charge is -2.15. The molecule has 1 aliphatic carbocycles. The van der Waals surface area contributed by atoms with E-state index in [2.05, 4.69) is 20.3 Å². The molecule has 1 saturated carbocycles. The molecule has 3 aromatic heterocycles. The van der Waals surface area contributed by atoms with E-state index in [0.717, 1.165) is 16.5 Å². The summed E-state index contributed by atoms with van der Waals surface area (Å²) in [5.74, 6) is 0.721. The Morgan fingerprint density at radius 2 is 2.00 bits per heavy atom. The molecule has 30 heavy (non-hydrogen) atoms. The maximum absolute atomic E-state index is 12.6. The van der Waals surface area contributed by atoms with E-state index in [1.54, 1.807) is 24.7 Å². The first-order valence-corrected chi connectivity index (χ1v) is 9.68. The molecule has 4 N–H and O–H groups in total. The third-order valence-corrected chi connectivity index (χ3v) is 6.08. The number of nitrogens with zero attached hydrogens (tertiary/aromatic N) is 4. The monoisotopic (exact) mass is 404 g/mol. The van der Waals surface area contributed by atoms with Gasteiger partial charge in [-0.15, -0.1) is 0 Å². The van der Waals surface area contributed by atoms with Gasteiger partial charge in [-0.25, -0.2) is 14.8 Å². The number of rotatable bonds is 3. The normalized spacial score (nSPS) is 22.0. The zero-order chi connectivity index (χ0) is 21.0. The Balaban J connectivity index is 1.38. The minimum atomic E-state index is -0.927. The number of aryl methyl sites for hydroxylation is 1. The van der Waals surface area contributed by atoms with Gasteiger partial charge >= 0.3 is 6.09 Å². The molecule has 0 bridgehead atoms. The van der Waals surface area contributed by atoms with E-state index in [1.165, 1.54) is 4.90 Å². The number of pyridine rings is 3. The number of nitrogens with one attached hydrogen (secondary N) is 1. The predicted molar refractivity (Wildman–Crippen MR) is 111 cm³/mol. The lowest BCUT2D eigenvalue weighted by molar-refractivity contribution is -0.118. The van der Waals surface area contributed by atoms with Crippen LogP contribution >= 0.6 is 0 Å². The second kappa shape index (κ2) is 6.65. The molecular weight excluding hydrogens is 384 g/mol. The number of nitrogens with two attached hydrogens (primary N) is 1. The molecule has 9 heteroatoms. The Labute approximate surface area is 172 Å². The van der Waals surface area contributed by atoms with Gasteiger partial charge in [0.15, 0.2) is 0 Å². The number of fused-ring (bicyclic) bond motifs is 2. The van der Waals surface area contributed by atoms with Crippen molar-refractivity contribution in [3.05, 3.63) is 42.4 Å². The van der Waals surface area contributed by atoms with E-state index >= 15 is 0 Å². The van der Waals surface area contributed by atoms with Crippen molar-refractivity contribution < 1.29 is 14.7 Å². The topological polar surface area (TPSA) is 134 Å². The highest BCUT2D eigenvalue weighted by atomic mass is 16.4. The zero-order valence-corrected chi connectivity index (χ0v) is 16.2. The van der Waals surface area contributed by atoms with Crippen molar-refractivity contribution in [3.63, 3.8) is 0 Å². The van der Waals surface area contributed by atoms with Crippen LogP contribution in [0.3, 0.4) is 0 Å². The molecule has 3 aromatic rings. The molecule has 2 unspecified atom stereocenters. The number of nitrogen functional groups attached to an aromatic ring is 1. The summed E-state index contributed by atoms with van der Waals surface area (Å²) in [6.07, 6.45) is 4.15. The Morgan fingerprint density at radius 1 is 1.23 bits per heavy atom. The average molecular weight is 404 g/mol. The van der Waals surface area contributed by atoms with Crippen LogP contribution in [-0.4, -0.2) is 50.0 Å². The largest absolute Gasteiger partial charge is 0.465 e. The van der Waals surface area contributed by atoms with Crippen molar-refractivity contribution in [3.8, 4) is 11.3 Å². The number of carbonyl (C=O) groups is 2. The Hall–Kier alpha value is -3.75. The van der Waals surface area contributed by atoms with Crippen molar-refractivity contribution in [1.29, 1.82) is 0 Å². The number of aromatic nitrogens is 3. The molecule has 2 aliphatic rings.